The van der Waals surface area contributed by atoms with Crippen LogP contribution in [0.2, 0.25) is 5.02 Å². The lowest BCUT2D eigenvalue weighted by molar-refractivity contribution is -0.138. The number of halogens is 1. The van der Waals surface area contributed by atoms with Crippen molar-refractivity contribution in [2.24, 2.45) is 5.92 Å². The molecule has 0 radical (unpaired) electrons. The molecule has 1 aromatic carbocycles. The maximum atomic E-state index is 12.6. The highest BCUT2D eigenvalue weighted by molar-refractivity contribution is 6.30. The van der Waals surface area contributed by atoms with Crippen LogP contribution in [0.15, 0.2) is 24.3 Å². The minimum absolute atomic E-state index is 0.299. The van der Waals surface area contributed by atoms with Gasteiger partial charge in [-0.2, -0.15) is 0 Å². The molecule has 4 heteroatoms. The quantitative estimate of drug-likeness (QED) is 0.850. The summed E-state index contributed by atoms with van der Waals surface area (Å²) in [7, 11) is 0. The first-order valence-corrected chi connectivity index (χ1v) is 8.86. The zero-order valence-electron chi connectivity index (χ0n) is 13.1. The molecule has 2 fully saturated rings. The Bertz CT molecular complexity index is 506. The van der Waals surface area contributed by atoms with E-state index in [9.17, 15) is 4.79 Å². The monoisotopic (exact) mass is 320 g/mol. The summed E-state index contributed by atoms with van der Waals surface area (Å²) in [6.07, 6.45) is 5.95. The van der Waals surface area contributed by atoms with Crippen LogP contribution in [0, 0.1) is 5.92 Å². The molecule has 1 aromatic rings. The van der Waals surface area contributed by atoms with E-state index in [2.05, 4.69) is 15.9 Å². The standard InChI is InChI=1S/C18H25ClN2O/c19-17-8-4-5-15(13-17)14-20-9-11-21(12-10-20)18(22)16-6-2-1-3-7-16/h4-5,8,13,16H,1-3,6-7,9-12,14H2. The second-order valence-corrected chi connectivity index (χ2v) is 7.00. The van der Waals surface area contributed by atoms with E-state index < -0.39 is 0 Å². The van der Waals surface area contributed by atoms with Crippen molar-refractivity contribution in [1.82, 2.24) is 9.80 Å². The maximum Gasteiger partial charge on any atom is 0.225 e. The third kappa shape index (κ3) is 4.02. The van der Waals surface area contributed by atoms with Crippen molar-refractivity contribution in [3.8, 4) is 0 Å². The summed E-state index contributed by atoms with van der Waals surface area (Å²) in [5.41, 5.74) is 1.25. The highest BCUT2D eigenvalue weighted by Crippen LogP contribution is 2.26. The zero-order valence-corrected chi connectivity index (χ0v) is 13.9. The topological polar surface area (TPSA) is 23.6 Å². The van der Waals surface area contributed by atoms with E-state index in [-0.39, 0.29) is 0 Å². The minimum atomic E-state index is 0.299. The van der Waals surface area contributed by atoms with Crippen LogP contribution in [-0.2, 0) is 11.3 Å². The predicted molar refractivity (Wildman–Crippen MR) is 89.9 cm³/mol. The molecule has 1 aliphatic heterocycles. The van der Waals surface area contributed by atoms with Crippen molar-refractivity contribution in [2.75, 3.05) is 26.2 Å². The average molecular weight is 321 g/mol. The lowest BCUT2D eigenvalue weighted by Crippen LogP contribution is -2.50. The number of piperazine rings is 1. The van der Waals surface area contributed by atoms with Crippen molar-refractivity contribution in [3.05, 3.63) is 34.9 Å². The van der Waals surface area contributed by atoms with Gasteiger partial charge in [-0.3, -0.25) is 9.69 Å². The average Bonchev–Trinajstić information content (AvgIpc) is 2.56. The second kappa shape index (κ2) is 7.47. The normalized spacial score (nSPS) is 21.0. The Morgan fingerprint density at radius 3 is 2.50 bits per heavy atom. The molecule has 3 rings (SSSR count). The van der Waals surface area contributed by atoms with Crippen LogP contribution in [0.25, 0.3) is 0 Å². The lowest BCUT2D eigenvalue weighted by atomic mass is 9.88. The molecule has 0 N–H and O–H groups in total. The summed E-state index contributed by atoms with van der Waals surface area (Å²) >= 11 is 6.04. The van der Waals surface area contributed by atoms with Crippen molar-refractivity contribution in [2.45, 2.75) is 38.6 Å². The second-order valence-electron chi connectivity index (χ2n) is 6.57. The fourth-order valence-electron chi connectivity index (χ4n) is 3.63. The van der Waals surface area contributed by atoms with Crippen LogP contribution in [0.4, 0.5) is 0 Å². The largest absolute Gasteiger partial charge is 0.340 e. The molecule has 0 spiro atoms. The molecule has 22 heavy (non-hydrogen) atoms. The highest BCUT2D eigenvalue weighted by atomic mass is 35.5. The number of benzene rings is 1. The number of hydrogen-bond acceptors (Lipinski definition) is 2. The smallest absolute Gasteiger partial charge is 0.225 e. The molecule has 1 saturated carbocycles. The van der Waals surface area contributed by atoms with Crippen LogP contribution >= 0.6 is 11.6 Å². The van der Waals surface area contributed by atoms with Gasteiger partial charge in [0, 0.05) is 43.7 Å². The van der Waals surface area contributed by atoms with E-state index in [1.165, 1.54) is 24.8 Å². The molecule has 0 bridgehead atoms. The molecule has 1 saturated heterocycles. The van der Waals surface area contributed by atoms with Crippen LogP contribution in [0.5, 0.6) is 0 Å². The van der Waals surface area contributed by atoms with E-state index in [0.717, 1.165) is 50.6 Å². The zero-order chi connectivity index (χ0) is 15.4. The van der Waals surface area contributed by atoms with Gasteiger partial charge in [-0.05, 0) is 30.5 Å². The maximum absolute atomic E-state index is 12.6. The van der Waals surface area contributed by atoms with E-state index in [0.29, 0.717) is 11.8 Å². The summed E-state index contributed by atoms with van der Waals surface area (Å²) in [5.74, 6) is 0.704. The van der Waals surface area contributed by atoms with E-state index in [1.54, 1.807) is 0 Å². The first-order valence-electron chi connectivity index (χ1n) is 8.48. The van der Waals surface area contributed by atoms with Crippen LogP contribution in [0.3, 0.4) is 0 Å². The van der Waals surface area contributed by atoms with E-state index >= 15 is 0 Å². The number of carbonyl (C=O) groups is 1. The Kier molecular flexibility index (Phi) is 5.37. The number of rotatable bonds is 3. The summed E-state index contributed by atoms with van der Waals surface area (Å²) < 4.78 is 0. The van der Waals surface area contributed by atoms with Gasteiger partial charge in [-0.1, -0.05) is 43.0 Å². The highest BCUT2D eigenvalue weighted by Gasteiger charge is 2.28. The van der Waals surface area contributed by atoms with Crippen LogP contribution < -0.4 is 0 Å². The Morgan fingerprint density at radius 2 is 1.82 bits per heavy atom. The van der Waals surface area contributed by atoms with Gasteiger partial charge in [0.05, 0.1) is 0 Å². The van der Waals surface area contributed by atoms with Gasteiger partial charge < -0.3 is 4.90 Å². The lowest BCUT2D eigenvalue weighted by Gasteiger charge is -2.37. The van der Waals surface area contributed by atoms with Crippen molar-refractivity contribution in [1.29, 1.82) is 0 Å². The Morgan fingerprint density at radius 1 is 1.09 bits per heavy atom. The molecule has 0 atom stereocenters. The van der Waals surface area contributed by atoms with Gasteiger partial charge in [0.25, 0.3) is 0 Å². The van der Waals surface area contributed by atoms with Gasteiger partial charge in [0.2, 0.25) is 5.91 Å². The van der Waals surface area contributed by atoms with Gasteiger partial charge in [0.1, 0.15) is 0 Å². The fourth-order valence-corrected chi connectivity index (χ4v) is 3.84. The predicted octanol–water partition coefficient (Wildman–Crippen LogP) is 3.56. The van der Waals surface area contributed by atoms with Crippen LogP contribution in [0.1, 0.15) is 37.7 Å². The van der Waals surface area contributed by atoms with Gasteiger partial charge in [-0.15, -0.1) is 0 Å². The van der Waals surface area contributed by atoms with Gasteiger partial charge >= 0.3 is 0 Å². The first kappa shape index (κ1) is 15.8. The molecule has 0 unspecified atom stereocenters. The number of hydrogen-bond donors (Lipinski definition) is 0. The van der Waals surface area contributed by atoms with Crippen LogP contribution in [-0.4, -0.2) is 41.9 Å². The Hall–Kier alpha value is -1.06. The SMILES string of the molecule is O=C(C1CCCCC1)N1CCN(Cc2cccc(Cl)c2)CC1. The number of amides is 1. The van der Waals surface area contributed by atoms with Gasteiger partial charge in [-0.25, -0.2) is 0 Å². The van der Waals surface area contributed by atoms with Crippen molar-refractivity contribution in [3.63, 3.8) is 0 Å². The summed E-state index contributed by atoms with van der Waals surface area (Å²) in [6, 6.07) is 8.05. The number of nitrogens with zero attached hydrogens (tertiary/aromatic N) is 2. The van der Waals surface area contributed by atoms with Crippen molar-refractivity contribution >= 4 is 17.5 Å². The summed E-state index contributed by atoms with van der Waals surface area (Å²) in [6.45, 7) is 4.59. The molecular formula is C18H25ClN2O. The fraction of sp³-hybridized carbons (Fsp3) is 0.611. The van der Waals surface area contributed by atoms with Gasteiger partial charge in [0.15, 0.2) is 0 Å². The third-order valence-electron chi connectivity index (χ3n) is 4.93. The van der Waals surface area contributed by atoms with E-state index in [4.69, 9.17) is 11.6 Å². The molecule has 3 nitrogen and oxygen atoms in total. The minimum Gasteiger partial charge on any atom is -0.340 e. The molecule has 0 aromatic heterocycles. The summed E-state index contributed by atoms with van der Waals surface area (Å²) in [5, 5.41) is 0.795. The summed E-state index contributed by atoms with van der Waals surface area (Å²) in [4.78, 5) is 17.1. The molecule has 1 heterocycles. The first-order chi connectivity index (χ1) is 10.7. The molecule has 120 valence electrons. The molecule has 1 aliphatic carbocycles. The third-order valence-corrected chi connectivity index (χ3v) is 5.17. The molecular weight excluding hydrogens is 296 g/mol. The Balaban J connectivity index is 1.48. The number of carbonyl (C=O) groups excluding carboxylic acids is 1. The molecule has 1 amide bonds. The van der Waals surface area contributed by atoms with E-state index in [1.807, 2.05) is 18.2 Å². The van der Waals surface area contributed by atoms with Crippen molar-refractivity contribution < 1.29 is 4.79 Å². The Labute approximate surface area is 138 Å². The molecule has 2 aliphatic rings.